The molecule has 6 heteroatoms. The van der Waals surface area contributed by atoms with Crippen LogP contribution in [0, 0.1) is 0 Å². The van der Waals surface area contributed by atoms with Gasteiger partial charge in [-0.1, -0.05) is 20.8 Å². The topological polar surface area (TPSA) is 61.4 Å². The third kappa shape index (κ3) is 4.14. The van der Waals surface area contributed by atoms with E-state index in [-0.39, 0.29) is 11.3 Å². The van der Waals surface area contributed by atoms with Gasteiger partial charge in [-0.2, -0.15) is 0 Å². The van der Waals surface area contributed by atoms with Gasteiger partial charge >= 0.3 is 0 Å². The highest BCUT2D eigenvalue weighted by molar-refractivity contribution is 5.77. The Morgan fingerprint density at radius 3 is 2.62 bits per heavy atom. The van der Waals surface area contributed by atoms with Crippen molar-refractivity contribution in [3.8, 4) is 0 Å². The lowest BCUT2D eigenvalue weighted by Crippen LogP contribution is -2.57. The van der Waals surface area contributed by atoms with E-state index in [1.807, 2.05) is 6.07 Å². The fourth-order valence-corrected chi connectivity index (χ4v) is 2.18. The average Bonchev–Trinajstić information content (AvgIpc) is 2.35. The standard InChI is InChI=1S/C15H25N5O/c1-15(2,3)12-6-13(17-10-16-12)18-11-7-20(8-11)9-14(21)19(4)5/h6,10-11H,7-9H2,1-5H3,(H,16,17,18). The maximum absolute atomic E-state index is 11.6. The Balaban J connectivity index is 1.84. The number of carbonyl (C=O) groups excluding carboxylic acids is 1. The SMILES string of the molecule is CN(C)C(=O)CN1CC(Nc2cc(C(C)(C)C)ncn2)C1. The normalized spacial score (nSPS) is 16.4. The van der Waals surface area contributed by atoms with Crippen LogP contribution in [0.5, 0.6) is 0 Å². The first kappa shape index (κ1) is 15.7. The Kier molecular flexibility index (Phi) is 4.46. The molecule has 1 aliphatic rings. The number of likely N-dealkylation sites (N-methyl/N-ethyl adjacent to an activating group) is 1. The minimum Gasteiger partial charge on any atom is -0.365 e. The Labute approximate surface area is 126 Å². The average molecular weight is 291 g/mol. The van der Waals surface area contributed by atoms with Gasteiger partial charge in [0, 0.05) is 38.7 Å². The van der Waals surface area contributed by atoms with Crippen LogP contribution in [0.2, 0.25) is 0 Å². The summed E-state index contributed by atoms with van der Waals surface area (Å²) < 4.78 is 0. The molecule has 0 spiro atoms. The van der Waals surface area contributed by atoms with Gasteiger partial charge in [-0.15, -0.1) is 0 Å². The minimum atomic E-state index is 0.0170. The van der Waals surface area contributed by atoms with Crippen LogP contribution in [0.15, 0.2) is 12.4 Å². The van der Waals surface area contributed by atoms with Crippen molar-refractivity contribution in [2.24, 2.45) is 0 Å². The molecule has 2 rings (SSSR count). The molecule has 1 N–H and O–H groups in total. The summed E-state index contributed by atoms with van der Waals surface area (Å²) in [5, 5.41) is 3.41. The van der Waals surface area contributed by atoms with Crippen molar-refractivity contribution in [1.82, 2.24) is 19.8 Å². The quantitative estimate of drug-likeness (QED) is 0.895. The third-order valence-electron chi connectivity index (χ3n) is 3.60. The highest BCUT2D eigenvalue weighted by Gasteiger charge is 2.29. The highest BCUT2D eigenvalue weighted by Crippen LogP contribution is 2.22. The summed E-state index contributed by atoms with van der Waals surface area (Å²) in [5.74, 6) is 1.00. The number of anilines is 1. The summed E-state index contributed by atoms with van der Waals surface area (Å²) in [4.78, 5) is 24.0. The molecular weight excluding hydrogens is 266 g/mol. The molecule has 0 unspecified atom stereocenters. The molecule has 0 aromatic carbocycles. The second kappa shape index (κ2) is 5.97. The first-order valence-corrected chi connectivity index (χ1v) is 7.27. The van der Waals surface area contributed by atoms with Gasteiger partial charge in [-0.05, 0) is 0 Å². The van der Waals surface area contributed by atoms with Crippen LogP contribution in [0.25, 0.3) is 0 Å². The van der Waals surface area contributed by atoms with E-state index in [1.165, 1.54) is 0 Å². The molecule has 0 aliphatic carbocycles. The number of nitrogens with zero attached hydrogens (tertiary/aromatic N) is 4. The fraction of sp³-hybridized carbons (Fsp3) is 0.667. The second-order valence-corrected chi connectivity index (χ2v) is 6.86. The predicted octanol–water partition coefficient (Wildman–Crippen LogP) is 0.958. The number of hydrogen-bond acceptors (Lipinski definition) is 5. The van der Waals surface area contributed by atoms with Crippen LogP contribution in [0.4, 0.5) is 5.82 Å². The summed E-state index contributed by atoms with van der Waals surface area (Å²) in [6, 6.07) is 2.36. The zero-order valence-corrected chi connectivity index (χ0v) is 13.6. The number of aromatic nitrogens is 2. The number of nitrogens with one attached hydrogen (secondary N) is 1. The monoisotopic (exact) mass is 291 g/mol. The van der Waals surface area contributed by atoms with Gasteiger partial charge in [0.1, 0.15) is 12.1 Å². The zero-order valence-electron chi connectivity index (χ0n) is 13.6. The van der Waals surface area contributed by atoms with E-state index in [4.69, 9.17) is 0 Å². The van der Waals surface area contributed by atoms with Gasteiger partial charge in [-0.3, -0.25) is 9.69 Å². The maximum Gasteiger partial charge on any atom is 0.236 e. The highest BCUT2D eigenvalue weighted by atomic mass is 16.2. The van der Waals surface area contributed by atoms with Gasteiger partial charge in [0.15, 0.2) is 0 Å². The molecule has 1 amide bonds. The summed E-state index contributed by atoms with van der Waals surface area (Å²) in [7, 11) is 3.57. The number of rotatable bonds is 4. The van der Waals surface area contributed by atoms with Gasteiger partial charge < -0.3 is 10.2 Å². The Bertz CT molecular complexity index is 503. The van der Waals surface area contributed by atoms with Crippen LogP contribution in [0.3, 0.4) is 0 Å². The molecule has 1 aromatic rings. The van der Waals surface area contributed by atoms with E-state index in [9.17, 15) is 4.79 Å². The largest absolute Gasteiger partial charge is 0.365 e. The Hall–Kier alpha value is -1.69. The number of amides is 1. The lowest BCUT2D eigenvalue weighted by atomic mass is 9.92. The van der Waals surface area contributed by atoms with Crippen LogP contribution < -0.4 is 5.32 Å². The zero-order chi connectivity index (χ0) is 15.6. The molecule has 0 saturated carbocycles. The van der Waals surface area contributed by atoms with Crippen molar-refractivity contribution in [2.75, 3.05) is 39.0 Å². The summed E-state index contributed by atoms with van der Waals surface area (Å²) >= 11 is 0. The first-order valence-electron chi connectivity index (χ1n) is 7.27. The van der Waals surface area contributed by atoms with Crippen molar-refractivity contribution >= 4 is 11.7 Å². The lowest BCUT2D eigenvalue weighted by molar-refractivity contribution is -0.130. The van der Waals surface area contributed by atoms with E-state index in [1.54, 1.807) is 25.3 Å². The molecule has 1 fully saturated rings. The van der Waals surface area contributed by atoms with Gasteiger partial charge in [-0.25, -0.2) is 9.97 Å². The van der Waals surface area contributed by atoms with E-state index in [0.29, 0.717) is 12.6 Å². The molecule has 6 nitrogen and oxygen atoms in total. The molecule has 0 atom stereocenters. The number of likely N-dealkylation sites (tertiary alicyclic amines) is 1. The van der Waals surface area contributed by atoms with Gasteiger partial charge in [0.05, 0.1) is 18.3 Å². The van der Waals surface area contributed by atoms with Crippen molar-refractivity contribution in [1.29, 1.82) is 0 Å². The smallest absolute Gasteiger partial charge is 0.236 e. The second-order valence-electron chi connectivity index (χ2n) is 6.86. The Morgan fingerprint density at radius 2 is 2.05 bits per heavy atom. The molecule has 2 heterocycles. The number of hydrogen-bond donors (Lipinski definition) is 1. The molecule has 1 aromatic heterocycles. The first-order chi connectivity index (χ1) is 9.75. The molecular formula is C15H25N5O. The van der Waals surface area contributed by atoms with Crippen LogP contribution in [-0.2, 0) is 10.2 Å². The summed E-state index contributed by atoms with van der Waals surface area (Å²) in [6.45, 7) is 8.64. The molecule has 0 radical (unpaired) electrons. The van der Waals surface area contributed by atoms with Gasteiger partial charge in [0.25, 0.3) is 0 Å². The summed E-state index contributed by atoms with van der Waals surface area (Å²) in [5.41, 5.74) is 1.04. The van der Waals surface area contributed by atoms with Crippen LogP contribution in [-0.4, -0.2) is 65.4 Å². The van der Waals surface area contributed by atoms with Gasteiger partial charge in [0.2, 0.25) is 5.91 Å². The van der Waals surface area contributed by atoms with E-state index in [2.05, 4.69) is 41.0 Å². The molecule has 21 heavy (non-hydrogen) atoms. The molecule has 1 aliphatic heterocycles. The molecule has 0 bridgehead atoms. The van der Waals surface area contributed by atoms with Crippen molar-refractivity contribution in [2.45, 2.75) is 32.2 Å². The summed E-state index contributed by atoms with van der Waals surface area (Å²) in [6.07, 6.45) is 1.61. The van der Waals surface area contributed by atoms with Crippen molar-refractivity contribution in [3.63, 3.8) is 0 Å². The van der Waals surface area contributed by atoms with E-state index < -0.39 is 0 Å². The fourth-order valence-electron chi connectivity index (χ4n) is 2.18. The Morgan fingerprint density at radius 1 is 1.38 bits per heavy atom. The van der Waals surface area contributed by atoms with Crippen LogP contribution in [0.1, 0.15) is 26.5 Å². The van der Waals surface area contributed by atoms with E-state index in [0.717, 1.165) is 24.6 Å². The third-order valence-corrected chi connectivity index (χ3v) is 3.60. The van der Waals surface area contributed by atoms with Crippen LogP contribution >= 0.6 is 0 Å². The molecule has 1 saturated heterocycles. The maximum atomic E-state index is 11.6. The predicted molar refractivity (Wildman–Crippen MR) is 83.3 cm³/mol. The lowest BCUT2D eigenvalue weighted by Gasteiger charge is -2.39. The number of carbonyl (C=O) groups is 1. The van der Waals surface area contributed by atoms with E-state index >= 15 is 0 Å². The molecule has 116 valence electrons. The minimum absolute atomic E-state index is 0.0170. The van der Waals surface area contributed by atoms with Crippen molar-refractivity contribution < 1.29 is 4.79 Å². The van der Waals surface area contributed by atoms with Crippen molar-refractivity contribution in [3.05, 3.63) is 18.1 Å².